The summed E-state index contributed by atoms with van der Waals surface area (Å²) < 4.78 is 5.15. The van der Waals surface area contributed by atoms with Crippen molar-refractivity contribution in [2.45, 2.75) is 57.9 Å². The second-order valence-electron chi connectivity index (χ2n) is 6.38. The molecule has 1 aliphatic rings. The molecule has 1 aliphatic carbocycles. The maximum absolute atomic E-state index is 5.15. The van der Waals surface area contributed by atoms with Crippen LogP contribution < -0.4 is 5.32 Å². The monoisotopic (exact) mass is 282 g/mol. The lowest BCUT2D eigenvalue weighted by Gasteiger charge is -2.27. The van der Waals surface area contributed by atoms with Crippen LogP contribution in [0.1, 0.15) is 55.1 Å². The van der Waals surface area contributed by atoms with E-state index in [0.29, 0.717) is 5.92 Å². The minimum Gasteiger partial charge on any atom is -0.384 e. The van der Waals surface area contributed by atoms with Gasteiger partial charge in [-0.05, 0) is 40.0 Å². The Morgan fingerprint density at radius 3 is 2.89 bits per heavy atom. The summed E-state index contributed by atoms with van der Waals surface area (Å²) >= 11 is 1.89. The lowest BCUT2D eigenvalue weighted by atomic mass is 9.90. The molecule has 1 aromatic heterocycles. The van der Waals surface area contributed by atoms with Crippen LogP contribution in [0.15, 0.2) is 0 Å². The molecule has 0 saturated heterocycles. The van der Waals surface area contributed by atoms with E-state index in [9.17, 15) is 0 Å². The zero-order valence-electron chi connectivity index (χ0n) is 12.6. The number of fused-ring (bicyclic) bond motifs is 1. The van der Waals surface area contributed by atoms with Crippen molar-refractivity contribution in [3.63, 3.8) is 0 Å². The van der Waals surface area contributed by atoms with Crippen molar-refractivity contribution in [2.75, 3.05) is 20.3 Å². The Labute approximate surface area is 120 Å². The van der Waals surface area contributed by atoms with Gasteiger partial charge in [-0.3, -0.25) is 0 Å². The summed E-state index contributed by atoms with van der Waals surface area (Å²) in [5.41, 5.74) is 1.55. The topological polar surface area (TPSA) is 34.1 Å². The van der Waals surface area contributed by atoms with E-state index in [-0.39, 0.29) is 5.54 Å². The van der Waals surface area contributed by atoms with E-state index >= 15 is 0 Å². The predicted octanol–water partition coefficient (Wildman–Crippen LogP) is 3.14. The number of hydrogen-bond donors (Lipinski definition) is 1. The molecule has 19 heavy (non-hydrogen) atoms. The third-order valence-corrected chi connectivity index (χ3v) is 4.70. The van der Waals surface area contributed by atoms with Gasteiger partial charge in [0.15, 0.2) is 0 Å². The van der Waals surface area contributed by atoms with Gasteiger partial charge < -0.3 is 10.1 Å². The highest BCUT2D eigenvalue weighted by atomic mass is 32.1. The number of nitrogens with zero attached hydrogens (tertiary/aromatic N) is 1. The molecule has 1 aromatic rings. The Kier molecular flexibility index (Phi) is 4.98. The Hall–Kier alpha value is -0.450. The second-order valence-corrected chi connectivity index (χ2v) is 7.55. The molecule has 1 unspecified atom stereocenters. The Morgan fingerprint density at radius 2 is 2.21 bits per heavy atom. The van der Waals surface area contributed by atoms with Crippen LogP contribution in [0.2, 0.25) is 0 Å². The van der Waals surface area contributed by atoms with E-state index in [1.54, 1.807) is 7.11 Å². The average molecular weight is 282 g/mol. The number of ether oxygens (including phenoxy) is 1. The van der Waals surface area contributed by atoms with Gasteiger partial charge in [0, 0.05) is 36.4 Å². The summed E-state index contributed by atoms with van der Waals surface area (Å²) in [6.45, 7) is 8.49. The van der Waals surface area contributed by atoms with Crippen LogP contribution in [0.5, 0.6) is 0 Å². The summed E-state index contributed by atoms with van der Waals surface area (Å²) in [4.78, 5) is 6.38. The van der Waals surface area contributed by atoms with Gasteiger partial charge in [0.2, 0.25) is 0 Å². The van der Waals surface area contributed by atoms with E-state index < -0.39 is 0 Å². The normalized spacial score (nSPS) is 19.5. The Bertz CT molecular complexity index is 409. The summed E-state index contributed by atoms with van der Waals surface area (Å²) in [5.74, 6) is 0.593. The lowest BCUT2D eigenvalue weighted by molar-refractivity contribution is 0.202. The van der Waals surface area contributed by atoms with E-state index in [1.165, 1.54) is 34.8 Å². The fourth-order valence-electron chi connectivity index (χ4n) is 2.48. The van der Waals surface area contributed by atoms with Crippen LogP contribution in [0.25, 0.3) is 0 Å². The first-order valence-corrected chi connectivity index (χ1v) is 8.03. The van der Waals surface area contributed by atoms with E-state index in [4.69, 9.17) is 9.72 Å². The van der Waals surface area contributed by atoms with Crippen LogP contribution in [-0.4, -0.2) is 30.8 Å². The minimum absolute atomic E-state index is 0.187. The Balaban J connectivity index is 2.03. The van der Waals surface area contributed by atoms with Crippen molar-refractivity contribution >= 4 is 11.3 Å². The van der Waals surface area contributed by atoms with E-state index in [2.05, 4.69) is 26.1 Å². The van der Waals surface area contributed by atoms with Crippen molar-refractivity contribution in [1.82, 2.24) is 10.3 Å². The van der Waals surface area contributed by atoms with Gasteiger partial charge in [-0.15, -0.1) is 11.3 Å². The third-order valence-electron chi connectivity index (χ3n) is 3.51. The fraction of sp³-hybridized carbons (Fsp3) is 0.800. The summed E-state index contributed by atoms with van der Waals surface area (Å²) in [5, 5.41) is 4.87. The van der Waals surface area contributed by atoms with Crippen molar-refractivity contribution < 1.29 is 4.74 Å². The van der Waals surface area contributed by atoms with Crippen LogP contribution in [0.4, 0.5) is 0 Å². The maximum Gasteiger partial charge on any atom is 0.0954 e. The lowest BCUT2D eigenvalue weighted by Crippen LogP contribution is -2.39. The summed E-state index contributed by atoms with van der Waals surface area (Å²) in [6.07, 6.45) is 4.73. The van der Waals surface area contributed by atoms with Gasteiger partial charge in [0.05, 0.1) is 17.3 Å². The van der Waals surface area contributed by atoms with Crippen molar-refractivity contribution in [2.24, 2.45) is 0 Å². The minimum atomic E-state index is 0.187. The zero-order valence-corrected chi connectivity index (χ0v) is 13.4. The first-order chi connectivity index (χ1) is 8.99. The molecule has 0 aliphatic heterocycles. The molecule has 0 saturated carbocycles. The molecule has 0 amide bonds. The summed E-state index contributed by atoms with van der Waals surface area (Å²) in [7, 11) is 1.75. The molecule has 2 rings (SSSR count). The third kappa shape index (κ3) is 4.26. The number of aryl methyl sites for hydroxylation is 1. The molecule has 3 nitrogen and oxygen atoms in total. The molecule has 0 fully saturated rings. The van der Waals surface area contributed by atoms with Crippen LogP contribution in [0, 0.1) is 0 Å². The van der Waals surface area contributed by atoms with Crippen LogP contribution in [0.3, 0.4) is 0 Å². The smallest absolute Gasteiger partial charge is 0.0954 e. The molecular weight excluding hydrogens is 256 g/mol. The quantitative estimate of drug-likeness (QED) is 0.901. The molecule has 0 spiro atoms. The molecule has 0 aromatic carbocycles. The second kappa shape index (κ2) is 6.33. The summed E-state index contributed by atoms with van der Waals surface area (Å²) in [6, 6.07) is 0. The highest BCUT2D eigenvalue weighted by molar-refractivity contribution is 7.11. The zero-order chi connectivity index (χ0) is 13.9. The number of nitrogens with one attached hydrogen (secondary N) is 1. The maximum atomic E-state index is 5.15. The van der Waals surface area contributed by atoms with E-state index in [1.807, 2.05) is 11.3 Å². The SMILES string of the molecule is COCCc1nc2c(s1)CCCC2CNC(C)(C)C. The number of methoxy groups -OCH3 is 1. The molecule has 4 heteroatoms. The fourth-order valence-corrected chi connectivity index (χ4v) is 3.66. The van der Waals surface area contributed by atoms with Gasteiger partial charge in [-0.25, -0.2) is 4.98 Å². The molecular formula is C15H26N2OS. The Morgan fingerprint density at radius 1 is 1.42 bits per heavy atom. The average Bonchev–Trinajstić information content (AvgIpc) is 2.76. The standard InChI is InChI=1S/C15H26N2OS/c1-15(2,3)16-10-11-6-5-7-12-14(11)17-13(19-12)8-9-18-4/h11,16H,5-10H2,1-4H3. The van der Waals surface area contributed by atoms with Gasteiger partial charge in [-0.2, -0.15) is 0 Å². The van der Waals surface area contributed by atoms with Crippen LogP contribution in [-0.2, 0) is 17.6 Å². The van der Waals surface area contributed by atoms with Gasteiger partial charge in [0.1, 0.15) is 0 Å². The molecule has 1 N–H and O–H groups in total. The first-order valence-electron chi connectivity index (χ1n) is 7.22. The highest BCUT2D eigenvalue weighted by Crippen LogP contribution is 2.34. The van der Waals surface area contributed by atoms with Gasteiger partial charge in [-0.1, -0.05) is 0 Å². The van der Waals surface area contributed by atoms with Crippen molar-refractivity contribution in [1.29, 1.82) is 0 Å². The number of hydrogen-bond acceptors (Lipinski definition) is 4. The van der Waals surface area contributed by atoms with Crippen molar-refractivity contribution in [3.8, 4) is 0 Å². The molecule has 108 valence electrons. The number of aromatic nitrogens is 1. The molecule has 0 radical (unpaired) electrons. The van der Waals surface area contributed by atoms with E-state index in [0.717, 1.165) is 19.6 Å². The molecule has 1 heterocycles. The van der Waals surface area contributed by atoms with Gasteiger partial charge >= 0.3 is 0 Å². The van der Waals surface area contributed by atoms with Gasteiger partial charge in [0.25, 0.3) is 0 Å². The molecule has 1 atom stereocenters. The number of thiazole rings is 1. The number of rotatable bonds is 5. The molecule has 0 bridgehead atoms. The first kappa shape index (κ1) is 14.9. The highest BCUT2D eigenvalue weighted by Gasteiger charge is 2.25. The predicted molar refractivity (Wildman–Crippen MR) is 81.1 cm³/mol. The largest absolute Gasteiger partial charge is 0.384 e. The van der Waals surface area contributed by atoms with Crippen molar-refractivity contribution in [3.05, 3.63) is 15.6 Å². The van der Waals surface area contributed by atoms with Crippen LogP contribution >= 0.6 is 11.3 Å².